The molecule has 0 bridgehead atoms. The number of imidazole rings is 1. The lowest BCUT2D eigenvalue weighted by Crippen LogP contribution is -2.17. The monoisotopic (exact) mass is 223 g/mol. The van der Waals surface area contributed by atoms with Crippen LogP contribution in [0.3, 0.4) is 0 Å². The summed E-state index contributed by atoms with van der Waals surface area (Å²) in [5, 5.41) is 3.42. The molecule has 0 radical (unpaired) electrons. The summed E-state index contributed by atoms with van der Waals surface area (Å²) in [6.07, 6.45) is 7.54. The summed E-state index contributed by atoms with van der Waals surface area (Å²) >= 11 is 0. The van der Waals surface area contributed by atoms with Crippen molar-refractivity contribution < 1.29 is 0 Å². The number of hydrogen-bond donors (Lipinski definition) is 1. The van der Waals surface area contributed by atoms with E-state index in [0.29, 0.717) is 12.0 Å². The van der Waals surface area contributed by atoms with Gasteiger partial charge in [0.15, 0.2) is 0 Å². The minimum Gasteiger partial charge on any atom is -0.356 e. The van der Waals surface area contributed by atoms with Crippen LogP contribution in [0.4, 0.5) is 5.95 Å². The predicted octanol–water partition coefficient (Wildman–Crippen LogP) is 3.70. The molecule has 0 fully saturated rings. The molecule has 3 nitrogen and oxygen atoms in total. The van der Waals surface area contributed by atoms with Gasteiger partial charge in [-0.1, -0.05) is 34.1 Å². The van der Waals surface area contributed by atoms with Crippen molar-refractivity contribution in [3.63, 3.8) is 0 Å². The molecule has 0 aliphatic heterocycles. The van der Waals surface area contributed by atoms with E-state index in [4.69, 9.17) is 0 Å². The minimum atomic E-state index is 0.548. The number of anilines is 1. The van der Waals surface area contributed by atoms with Crippen LogP contribution < -0.4 is 5.32 Å². The maximum absolute atomic E-state index is 4.39. The van der Waals surface area contributed by atoms with Crippen LogP contribution in [0.25, 0.3) is 0 Å². The molecule has 0 aliphatic rings. The van der Waals surface area contributed by atoms with Crippen molar-refractivity contribution in [1.29, 1.82) is 0 Å². The fourth-order valence-electron chi connectivity index (χ4n) is 2.08. The van der Waals surface area contributed by atoms with Crippen molar-refractivity contribution in [2.45, 2.75) is 53.0 Å². The first-order valence-electron chi connectivity index (χ1n) is 6.47. The van der Waals surface area contributed by atoms with Crippen molar-refractivity contribution >= 4 is 5.95 Å². The summed E-state index contributed by atoms with van der Waals surface area (Å²) in [5.41, 5.74) is 0. The van der Waals surface area contributed by atoms with Crippen molar-refractivity contribution in [3.8, 4) is 0 Å². The van der Waals surface area contributed by atoms with E-state index in [9.17, 15) is 0 Å². The summed E-state index contributed by atoms with van der Waals surface area (Å²) < 4.78 is 2.28. The van der Waals surface area contributed by atoms with E-state index < -0.39 is 0 Å². The summed E-state index contributed by atoms with van der Waals surface area (Å²) in [4.78, 5) is 4.39. The molecule has 92 valence electrons. The lowest BCUT2D eigenvalue weighted by atomic mass is 10.0. The van der Waals surface area contributed by atoms with Gasteiger partial charge in [-0.3, -0.25) is 0 Å². The molecule has 16 heavy (non-hydrogen) atoms. The van der Waals surface area contributed by atoms with Gasteiger partial charge >= 0.3 is 0 Å². The van der Waals surface area contributed by atoms with Crippen molar-refractivity contribution in [3.05, 3.63) is 12.4 Å². The van der Waals surface area contributed by atoms with Crippen LogP contribution >= 0.6 is 0 Å². The number of nitrogens with one attached hydrogen (secondary N) is 1. The first kappa shape index (κ1) is 13.1. The van der Waals surface area contributed by atoms with Crippen LogP contribution in [-0.2, 0) is 0 Å². The van der Waals surface area contributed by atoms with Gasteiger partial charge in [-0.2, -0.15) is 0 Å². The third kappa shape index (κ3) is 3.26. The van der Waals surface area contributed by atoms with E-state index in [1.807, 2.05) is 6.20 Å². The van der Waals surface area contributed by atoms with Crippen molar-refractivity contribution in [1.82, 2.24) is 9.55 Å². The molecule has 1 N–H and O–H groups in total. The molecular weight excluding hydrogens is 198 g/mol. The number of aromatic nitrogens is 2. The second-order valence-corrected chi connectivity index (χ2v) is 4.66. The standard InChI is InChI=1S/C13H25N3/c1-5-7-8-14-13-15-9-10-16(13)12(6-2)11(3)4/h9-12H,5-8H2,1-4H3,(H,14,15). The summed E-state index contributed by atoms with van der Waals surface area (Å²) in [6.45, 7) is 9.99. The smallest absolute Gasteiger partial charge is 0.203 e. The zero-order valence-corrected chi connectivity index (χ0v) is 11.0. The Bertz CT molecular complexity index is 291. The normalized spacial score (nSPS) is 13.1. The molecule has 1 atom stereocenters. The van der Waals surface area contributed by atoms with Gasteiger partial charge in [0.2, 0.25) is 5.95 Å². The quantitative estimate of drug-likeness (QED) is 0.714. The first-order valence-corrected chi connectivity index (χ1v) is 6.47. The zero-order valence-electron chi connectivity index (χ0n) is 11.0. The second-order valence-electron chi connectivity index (χ2n) is 4.66. The average molecular weight is 223 g/mol. The number of rotatable bonds is 7. The lowest BCUT2D eigenvalue weighted by Gasteiger charge is -2.23. The van der Waals surface area contributed by atoms with E-state index in [1.165, 1.54) is 12.8 Å². The van der Waals surface area contributed by atoms with Crippen LogP contribution in [0.5, 0.6) is 0 Å². The van der Waals surface area contributed by atoms with Crippen LogP contribution in [-0.4, -0.2) is 16.1 Å². The third-order valence-electron chi connectivity index (χ3n) is 3.03. The summed E-state index contributed by atoms with van der Waals surface area (Å²) in [6, 6.07) is 0.548. The summed E-state index contributed by atoms with van der Waals surface area (Å²) in [7, 11) is 0. The molecule has 1 rings (SSSR count). The van der Waals surface area contributed by atoms with Crippen LogP contribution in [0, 0.1) is 5.92 Å². The van der Waals surface area contributed by atoms with Gasteiger partial charge in [0.1, 0.15) is 0 Å². The first-order chi connectivity index (χ1) is 7.70. The topological polar surface area (TPSA) is 29.9 Å². The lowest BCUT2D eigenvalue weighted by molar-refractivity contribution is 0.369. The Hall–Kier alpha value is -0.990. The number of unbranched alkanes of at least 4 members (excludes halogenated alkanes) is 1. The Morgan fingerprint density at radius 3 is 2.69 bits per heavy atom. The summed E-state index contributed by atoms with van der Waals surface area (Å²) in [5.74, 6) is 1.67. The van der Waals surface area contributed by atoms with Gasteiger partial charge in [-0.05, 0) is 18.8 Å². The van der Waals surface area contributed by atoms with Gasteiger partial charge in [-0.25, -0.2) is 4.98 Å². The highest BCUT2D eigenvalue weighted by molar-refractivity contribution is 5.26. The molecule has 3 heteroatoms. The molecule has 1 unspecified atom stereocenters. The van der Waals surface area contributed by atoms with Gasteiger partial charge in [-0.15, -0.1) is 0 Å². The van der Waals surface area contributed by atoms with Crippen molar-refractivity contribution in [2.75, 3.05) is 11.9 Å². The van der Waals surface area contributed by atoms with Crippen LogP contribution in [0.1, 0.15) is 53.0 Å². The maximum atomic E-state index is 4.39. The van der Waals surface area contributed by atoms with Gasteiger partial charge < -0.3 is 9.88 Å². The van der Waals surface area contributed by atoms with Gasteiger partial charge in [0.25, 0.3) is 0 Å². The maximum Gasteiger partial charge on any atom is 0.203 e. The zero-order chi connectivity index (χ0) is 12.0. The molecular formula is C13H25N3. The van der Waals surface area contributed by atoms with Crippen LogP contribution in [0.15, 0.2) is 12.4 Å². The van der Waals surface area contributed by atoms with E-state index >= 15 is 0 Å². The SMILES string of the molecule is CCCCNc1nccn1C(CC)C(C)C. The van der Waals surface area contributed by atoms with E-state index in [1.54, 1.807) is 0 Å². The molecule has 1 aromatic heterocycles. The van der Waals surface area contributed by atoms with E-state index in [2.05, 4.69) is 48.8 Å². The van der Waals surface area contributed by atoms with Crippen molar-refractivity contribution in [2.24, 2.45) is 5.92 Å². The largest absolute Gasteiger partial charge is 0.356 e. The Morgan fingerprint density at radius 2 is 2.12 bits per heavy atom. The average Bonchev–Trinajstić information content (AvgIpc) is 2.68. The molecule has 1 aromatic rings. The molecule has 0 saturated carbocycles. The second kappa shape index (κ2) is 6.56. The minimum absolute atomic E-state index is 0.548. The van der Waals surface area contributed by atoms with Gasteiger partial charge in [0, 0.05) is 25.0 Å². The molecule has 0 aromatic carbocycles. The molecule has 0 aliphatic carbocycles. The number of nitrogens with zero attached hydrogens (tertiary/aromatic N) is 2. The molecule has 0 saturated heterocycles. The Morgan fingerprint density at radius 1 is 1.38 bits per heavy atom. The Labute approximate surface area is 99.3 Å². The Balaban J connectivity index is 2.68. The van der Waals surface area contributed by atoms with Gasteiger partial charge in [0.05, 0.1) is 0 Å². The predicted molar refractivity (Wildman–Crippen MR) is 69.8 cm³/mol. The Kier molecular flexibility index (Phi) is 5.36. The van der Waals surface area contributed by atoms with E-state index in [0.717, 1.165) is 18.9 Å². The highest BCUT2D eigenvalue weighted by atomic mass is 15.2. The fourth-order valence-corrected chi connectivity index (χ4v) is 2.08. The van der Waals surface area contributed by atoms with Crippen LogP contribution in [0.2, 0.25) is 0 Å². The molecule has 0 spiro atoms. The van der Waals surface area contributed by atoms with E-state index in [-0.39, 0.29) is 0 Å². The highest BCUT2D eigenvalue weighted by Gasteiger charge is 2.15. The third-order valence-corrected chi connectivity index (χ3v) is 3.03. The molecule has 0 amide bonds. The number of hydrogen-bond acceptors (Lipinski definition) is 2. The molecule has 1 heterocycles. The highest BCUT2D eigenvalue weighted by Crippen LogP contribution is 2.24. The fraction of sp³-hybridized carbons (Fsp3) is 0.769.